The number of nitrogens with one attached hydrogen (secondary N) is 1. The maximum Gasteiger partial charge on any atom is 0.264 e. The molecule has 0 saturated carbocycles. The minimum absolute atomic E-state index is 0.381. The Hall–Kier alpha value is -1.26. The van der Waals surface area contributed by atoms with Crippen LogP contribution in [0.1, 0.15) is 10.4 Å². The summed E-state index contributed by atoms with van der Waals surface area (Å²) in [6, 6.07) is 1.16. The molecule has 0 fully saturated rings. The Morgan fingerprint density at radius 2 is 1.81 bits per heavy atom. The highest BCUT2D eigenvalue weighted by Crippen LogP contribution is 2.23. The van der Waals surface area contributed by atoms with Crippen LogP contribution in [0.4, 0.5) is 8.78 Å². The second-order valence-electron chi connectivity index (χ2n) is 4.06. The first-order chi connectivity index (χ1) is 9.43. The number of amides is 1. The molecule has 6 nitrogen and oxygen atoms in total. The van der Waals surface area contributed by atoms with E-state index in [0.29, 0.717) is 12.1 Å². The van der Waals surface area contributed by atoms with Crippen LogP contribution in [0.2, 0.25) is 0 Å². The zero-order valence-corrected chi connectivity index (χ0v) is 12.9. The van der Waals surface area contributed by atoms with Gasteiger partial charge in [-0.2, -0.15) is 0 Å². The van der Waals surface area contributed by atoms with Crippen molar-refractivity contribution >= 4 is 35.5 Å². The van der Waals surface area contributed by atoms with Gasteiger partial charge in [0.05, 0.1) is 5.75 Å². The first kappa shape index (κ1) is 17.8. The van der Waals surface area contributed by atoms with E-state index >= 15 is 0 Å². The van der Waals surface area contributed by atoms with E-state index < -0.39 is 52.6 Å². The van der Waals surface area contributed by atoms with E-state index in [1.165, 1.54) is 0 Å². The molecule has 118 valence electrons. The van der Waals surface area contributed by atoms with Crippen molar-refractivity contribution in [2.45, 2.75) is 4.90 Å². The van der Waals surface area contributed by atoms with Crippen molar-refractivity contribution in [1.82, 2.24) is 5.32 Å². The minimum Gasteiger partial charge on any atom is -0.351 e. The fourth-order valence-corrected chi connectivity index (χ4v) is 2.75. The molecule has 0 aliphatic heterocycles. The van der Waals surface area contributed by atoms with Crippen molar-refractivity contribution in [1.29, 1.82) is 0 Å². The fraction of sp³-hybridized carbons (Fsp3) is 0.300. The molecule has 0 spiro atoms. The maximum absolute atomic E-state index is 13.9. The normalized spacial score (nSPS) is 12.2. The van der Waals surface area contributed by atoms with Crippen LogP contribution in [0, 0.1) is 11.6 Å². The maximum atomic E-state index is 13.9. The van der Waals surface area contributed by atoms with Crippen molar-refractivity contribution in [3.05, 3.63) is 29.3 Å². The second-order valence-corrected chi connectivity index (χ2v) is 8.85. The smallest absolute Gasteiger partial charge is 0.264 e. The topological polar surface area (TPSA) is 97.4 Å². The van der Waals surface area contributed by atoms with E-state index in [2.05, 4.69) is 0 Å². The molecule has 1 N–H and O–H groups in total. The lowest BCUT2D eigenvalue weighted by Crippen LogP contribution is -2.30. The monoisotopic (exact) mass is 361 g/mol. The zero-order valence-electron chi connectivity index (χ0n) is 10.6. The van der Waals surface area contributed by atoms with E-state index in [1.807, 2.05) is 5.32 Å². The molecule has 1 aromatic carbocycles. The van der Waals surface area contributed by atoms with Crippen LogP contribution in [0.3, 0.4) is 0 Å². The Kier molecular flexibility index (Phi) is 5.29. The number of sulfone groups is 1. The predicted molar refractivity (Wildman–Crippen MR) is 71.4 cm³/mol. The van der Waals surface area contributed by atoms with Gasteiger partial charge >= 0.3 is 0 Å². The van der Waals surface area contributed by atoms with Gasteiger partial charge in [0, 0.05) is 23.5 Å². The highest BCUT2D eigenvalue weighted by molar-refractivity contribution is 8.13. The fourth-order valence-electron chi connectivity index (χ4n) is 1.37. The molecular weight excluding hydrogens is 352 g/mol. The third-order valence-corrected chi connectivity index (χ3v) is 4.59. The van der Waals surface area contributed by atoms with Crippen molar-refractivity contribution in [2.24, 2.45) is 0 Å². The zero-order chi connectivity index (χ0) is 16.4. The Morgan fingerprint density at radius 1 is 1.24 bits per heavy atom. The van der Waals surface area contributed by atoms with Gasteiger partial charge < -0.3 is 5.32 Å². The summed E-state index contributed by atoms with van der Waals surface area (Å²) in [5.74, 6) is -4.65. The lowest BCUT2D eigenvalue weighted by molar-refractivity contribution is 0.0947. The van der Waals surface area contributed by atoms with Crippen LogP contribution in [-0.4, -0.2) is 41.3 Å². The van der Waals surface area contributed by atoms with Gasteiger partial charge in [0.15, 0.2) is 5.82 Å². The highest BCUT2D eigenvalue weighted by atomic mass is 35.7. The summed E-state index contributed by atoms with van der Waals surface area (Å²) in [5.41, 5.74) is -1.15. The van der Waals surface area contributed by atoms with Crippen LogP contribution in [-0.2, 0) is 18.9 Å². The number of hydrogen-bond acceptors (Lipinski definition) is 5. The molecule has 0 heterocycles. The average Bonchev–Trinajstić information content (AvgIpc) is 2.25. The van der Waals surface area contributed by atoms with E-state index in [4.69, 9.17) is 10.7 Å². The lowest BCUT2D eigenvalue weighted by Gasteiger charge is -2.08. The number of halogens is 3. The standard InChI is InChI=1S/C10H10ClF2NO5S2/c1-20(16,17)5-4-14-10(15)8-6(12)2-3-7(9(8)13)21(11,18)19/h2-3H,4-5H2,1H3,(H,14,15). The summed E-state index contributed by atoms with van der Waals surface area (Å²) < 4.78 is 71.2. The molecule has 11 heteroatoms. The van der Waals surface area contributed by atoms with Gasteiger partial charge in [0.2, 0.25) is 0 Å². The third kappa shape index (κ3) is 4.90. The van der Waals surface area contributed by atoms with E-state index in [-0.39, 0.29) is 6.54 Å². The SMILES string of the molecule is CS(=O)(=O)CCNC(=O)c1c(F)ccc(S(=O)(=O)Cl)c1F. The Balaban J connectivity index is 3.10. The molecule has 1 aromatic rings. The molecule has 0 bridgehead atoms. The lowest BCUT2D eigenvalue weighted by atomic mass is 10.2. The van der Waals surface area contributed by atoms with Crippen LogP contribution >= 0.6 is 10.7 Å². The highest BCUT2D eigenvalue weighted by Gasteiger charge is 2.25. The Morgan fingerprint density at radius 3 is 2.29 bits per heavy atom. The predicted octanol–water partition coefficient (Wildman–Crippen LogP) is 0.667. The van der Waals surface area contributed by atoms with Gasteiger partial charge in [-0.3, -0.25) is 4.79 Å². The number of hydrogen-bond donors (Lipinski definition) is 1. The van der Waals surface area contributed by atoms with Gasteiger partial charge in [-0.1, -0.05) is 0 Å². The molecule has 0 aromatic heterocycles. The van der Waals surface area contributed by atoms with Crippen molar-refractivity contribution < 1.29 is 30.4 Å². The number of benzene rings is 1. The van der Waals surface area contributed by atoms with Crippen molar-refractivity contribution in [2.75, 3.05) is 18.6 Å². The molecule has 0 saturated heterocycles. The molecule has 1 rings (SSSR count). The van der Waals surface area contributed by atoms with Crippen molar-refractivity contribution in [3.8, 4) is 0 Å². The van der Waals surface area contributed by atoms with Gasteiger partial charge in [-0.15, -0.1) is 0 Å². The summed E-state index contributed by atoms with van der Waals surface area (Å²) in [6.07, 6.45) is 0.918. The van der Waals surface area contributed by atoms with Gasteiger partial charge in [0.1, 0.15) is 26.1 Å². The van der Waals surface area contributed by atoms with Crippen LogP contribution < -0.4 is 5.32 Å². The molecule has 0 radical (unpaired) electrons. The molecule has 0 unspecified atom stereocenters. The molecule has 21 heavy (non-hydrogen) atoms. The first-order valence-electron chi connectivity index (χ1n) is 5.32. The number of carbonyl (C=O) groups excluding carboxylic acids is 1. The minimum atomic E-state index is -4.50. The van der Waals surface area contributed by atoms with Crippen molar-refractivity contribution in [3.63, 3.8) is 0 Å². The molecule has 0 atom stereocenters. The molecule has 0 aliphatic carbocycles. The first-order valence-corrected chi connectivity index (χ1v) is 9.69. The number of carbonyl (C=O) groups is 1. The summed E-state index contributed by atoms with van der Waals surface area (Å²) in [6.45, 7) is -0.381. The third-order valence-electron chi connectivity index (χ3n) is 2.30. The number of rotatable bonds is 5. The second kappa shape index (κ2) is 6.24. The van der Waals surface area contributed by atoms with E-state index in [1.54, 1.807) is 0 Å². The largest absolute Gasteiger partial charge is 0.351 e. The Labute approximate surface area is 124 Å². The molecule has 1 amide bonds. The van der Waals surface area contributed by atoms with Crippen LogP contribution in [0.5, 0.6) is 0 Å². The van der Waals surface area contributed by atoms with Gasteiger partial charge in [-0.25, -0.2) is 25.6 Å². The summed E-state index contributed by atoms with van der Waals surface area (Å²) in [7, 11) is -2.91. The van der Waals surface area contributed by atoms with E-state index in [0.717, 1.165) is 6.26 Å². The average molecular weight is 362 g/mol. The molecule has 0 aliphatic rings. The Bertz CT molecular complexity index is 777. The van der Waals surface area contributed by atoms with Crippen LogP contribution in [0.25, 0.3) is 0 Å². The van der Waals surface area contributed by atoms with E-state index in [9.17, 15) is 30.4 Å². The summed E-state index contributed by atoms with van der Waals surface area (Å²) in [4.78, 5) is 10.6. The summed E-state index contributed by atoms with van der Waals surface area (Å²) >= 11 is 0. The van der Waals surface area contributed by atoms with Gasteiger partial charge in [0.25, 0.3) is 15.0 Å². The quantitative estimate of drug-likeness (QED) is 0.777. The molecular formula is C10H10ClF2NO5S2. The summed E-state index contributed by atoms with van der Waals surface area (Å²) in [5, 5.41) is 1.98. The van der Waals surface area contributed by atoms with Gasteiger partial charge in [-0.05, 0) is 12.1 Å². The van der Waals surface area contributed by atoms with Crippen LogP contribution in [0.15, 0.2) is 17.0 Å².